The topological polar surface area (TPSA) is 79.3 Å². The molecule has 0 fully saturated rings. The molecule has 2 aromatic carbocycles. The van der Waals surface area contributed by atoms with Crippen molar-refractivity contribution in [2.24, 2.45) is 0 Å². The summed E-state index contributed by atoms with van der Waals surface area (Å²) in [5, 5.41) is 13.0. The number of halogens is 1. The normalized spacial score (nSPS) is 12.7. The largest absolute Gasteiger partial charge is 0.394 e. The molecule has 7 heteroatoms. The van der Waals surface area contributed by atoms with Crippen molar-refractivity contribution in [2.45, 2.75) is 16.7 Å². The highest BCUT2D eigenvalue weighted by Crippen LogP contribution is 2.23. The van der Waals surface area contributed by atoms with Crippen molar-refractivity contribution < 1.29 is 13.5 Å². The number of aromatic nitrogens is 1. The van der Waals surface area contributed by atoms with E-state index in [1.807, 2.05) is 6.07 Å². The predicted octanol–water partition coefficient (Wildman–Crippen LogP) is 3.63. The molecule has 0 aliphatic carbocycles. The summed E-state index contributed by atoms with van der Waals surface area (Å²) in [4.78, 5) is 4.50. The Morgan fingerprint density at radius 2 is 1.86 bits per heavy atom. The van der Waals surface area contributed by atoms with Gasteiger partial charge in [-0.05, 0) is 42.4 Å². The second-order valence-corrected chi connectivity index (χ2v) is 8.84. The Balaban J connectivity index is 1.81. The van der Waals surface area contributed by atoms with Crippen LogP contribution >= 0.6 is 11.6 Å². The number of sulfone groups is 1. The lowest BCUT2D eigenvalue weighted by Gasteiger charge is -2.14. The van der Waals surface area contributed by atoms with Gasteiger partial charge in [0, 0.05) is 11.8 Å². The van der Waals surface area contributed by atoms with Crippen LogP contribution < -0.4 is 5.32 Å². The average molecular weight is 417 g/mol. The number of aliphatic hydroxyl groups excluding tert-OH is 1. The van der Waals surface area contributed by atoms with Gasteiger partial charge in [0.1, 0.15) is 0 Å². The molecule has 3 rings (SSSR count). The lowest BCUT2D eigenvalue weighted by molar-refractivity contribution is 0.251. The van der Waals surface area contributed by atoms with Gasteiger partial charge in [-0.25, -0.2) is 8.42 Å². The minimum Gasteiger partial charge on any atom is -0.394 e. The van der Waals surface area contributed by atoms with Gasteiger partial charge in [-0.3, -0.25) is 4.98 Å². The number of nitrogens with zero attached hydrogens (tertiary/aromatic N) is 1. The number of rotatable bonds is 7. The fraction of sp³-hybridized carbons (Fsp3) is 0.190. The van der Waals surface area contributed by atoms with Crippen molar-refractivity contribution in [3.05, 3.63) is 83.0 Å². The molecule has 3 aromatic rings. The summed E-state index contributed by atoms with van der Waals surface area (Å²) < 4.78 is 25.6. The maximum absolute atomic E-state index is 12.8. The molecule has 0 radical (unpaired) electrons. The molecule has 1 atom stereocenters. The molecule has 0 spiro atoms. The molecular weight excluding hydrogens is 396 g/mol. The second-order valence-electron chi connectivity index (χ2n) is 6.41. The van der Waals surface area contributed by atoms with Crippen molar-refractivity contribution >= 4 is 21.4 Å². The molecule has 1 unspecified atom stereocenters. The van der Waals surface area contributed by atoms with Crippen molar-refractivity contribution in [1.82, 2.24) is 10.3 Å². The third-order valence-electron chi connectivity index (χ3n) is 4.48. The molecule has 0 aliphatic heterocycles. The van der Waals surface area contributed by atoms with E-state index in [2.05, 4.69) is 10.3 Å². The molecule has 1 heterocycles. The Labute approximate surface area is 169 Å². The predicted molar refractivity (Wildman–Crippen MR) is 111 cm³/mol. The van der Waals surface area contributed by atoms with Crippen molar-refractivity contribution in [2.75, 3.05) is 13.7 Å². The van der Waals surface area contributed by atoms with E-state index in [0.29, 0.717) is 10.6 Å². The van der Waals surface area contributed by atoms with Crippen LogP contribution in [0.3, 0.4) is 0 Å². The van der Waals surface area contributed by atoms with Crippen LogP contribution in [0.5, 0.6) is 0 Å². The van der Waals surface area contributed by atoms with Crippen molar-refractivity contribution in [3.63, 3.8) is 0 Å². The molecule has 0 bridgehead atoms. The summed E-state index contributed by atoms with van der Waals surface area (Å²) in [5.41, 5.74) is 3.07. The second kappa shape index (κ2) is 8.84. The van der Waals surface area contributed by atoms with E-state index in [1.165, 1.54) is 0 Å². The highest BCUT2D eigenvalue weighted by atomic mass is 35.5. The highest BCUT2D eigenvalue weighted by molar-refractivity contribution is 7.90. The molecule has 0 aliphatic rings. The fourth-order valence-corrected chi connectivity index (χ4v) is 4.39. The number of pyridine rings is 1. The highest BCUT2D eigenvalue weighted by Gasteiger charge is 2.17. The Morgan fingerprint density at radius 3 is 2.46 bits per heavy atom. The lowest BCUT2D eigenvalue weighted by Crippen LogP contribution is -2.20. The molecule has 1 aromatic heterocycles. The van der Waals surface area contributed by atoms with Gasteiger partial charge in [0.2, 0.25) is 0 Å². The number of likely N-dealkylation sites (N-methyl/N-ethyl adjacent to an activating group) is 1. The number of hydrogen-bond acceptors (Lipinski definition) is 5. The van der Waals surface area contributed by atoms with E-state index >= 15 is 0 Å². The third-order valence-corrected chi connectivity index (χ3v) is 6.41. The van der Waals surface area contributed by atoms with Gasteiger partial charge >= 0.3 is 0 Å². The van der Waals surface area contributed by atoms with Gasteiger partial charge in [-0.1, -0.05) is 48.0 Å². The van der Waals surface area contributed by atoms with Crippen LogP contribution in [0.4, 0.5) is 0 Å². The monoisotopic (exact) mass is 416 g/mol. The molecule has 28 heavy (non-hydrogen) atoms. The van der Waals surface area contributed by atoms with Gasteiger partial charge in [0.05, 0.1) is 34.0 Å². The summed E-state index contributed by atoms with van der Waals surface area (Å²) >= 11 is 5.85. The number of aliphatic hydroxyl groups is 1. The Bertz CT molecular complexity index is 1030. The van der Waals surface area contributed by atoms with E-state index in [0.717, 1.165) is 16.8 Å². The van der Waals surface area contributed by atoms with Crippen LogP contribution in [0.1, 0.15) is 17.2 Å². The van der Waals surface area contributed by atoms with Gasteiger partial charge in [-0.15, -0.1) is 0 Å². The molecule has 0 saturated heterocycles. The Hall–Kier alpha value is -2.25. The number of hydrogen-bond donors (Lipinski definition) is 2. The van der Waals surface area contributed by atoms with E-state index in [9.17, 15) is 13.5 Å². The van der Waals surface area contributed by atoms with Gasteiger partial charge in [-0.2, -0.15) is 0 Å². The van der Waals surface area contributed by atoms with E-state index in [1.54, 1.807) is 67.8 Å². The van der Waals surface area contributed by atoms with Crippen molar-refractivity contribution in [3.8, 4) is 11.3 Å². The zero-order valence-corrected chi connectivity index (χ0v) is 16.9. The molecule has 5 nitrogen and oxygen atoms in total. The first-order valence-electron chi connectivity index (χ1n) is 8.74. The summed E-state index contributed by atoms with van der Waals surface area (Å²) in [6.07, 6.45) is 1.55. The van der Waals surface area contributed by atoms with Gasteiger partial charge in [0.25, 0.3) is 0 Å². The summed E-state index contributed by atoms with van der Waals surface area (Å²) in [6.45, 7) is -0.0626. The average Bonchev–Trinajstić information content (AvgIpc) is 2.70. The SMILES string of the molecule is CNC(CO)c1cccc(CS(=O)(=O)c2ccc(-c3ccc(Cl)cn3)cc2)c1. The van der Waals surface area contributed by atoms with E-state index in [-0.39, 0.29) is 23.3 Å². The van der Waals surface area contributed by atoms with Crippen LogP contribution in [0.2, 0.25) is 5.02 Å². The maximum Gasteiger partial charge on any atom is 0.182 e. The first kappa shape index (κ1) is 20.5. The van der Waals surface area contributed by atoms with Gasteiger partial charge < -0.3 is 10.4 Å². The van der Waals surface area contributed by atoms with Crippen LogP contribution in [-0.4, -0.2) is 32.2 Å². The molecule has 2 N–H and O–H groups in total. The first-order chi connectivity index (χ1) is 13.4. The van der Waals surface area contributed by atoms with E-state index < -0.39 is 9.84 Å². The lowest BCUT2D eigenvalue weighted by atomic mass is 10.1. The zero-order chi connectivity index (χ0) is 20.1. The molecule has 0 amide bonds. The zero-order valence-electron chi connectivity index (χ0n) is 15.3. The fourth-order valence-electron chi connectivity index (χ4n) is 2.95. The third kappa shape index (κ3) is 4.77. The van der Waals surface area contributed by atoms with Crippen LogP contribution in [-0.2, 0) is 15.6 Å². The molecular formula is C21H21ClN2O3S. The Morgan fingerprint density at radius 1 is 1.11 bits per heavy atom. The van der Waals surface area contributed by atoms with Crippen molar-refractivity contribution in [1.29, 1.82) is 0 Å². The summed E-state index contributed by atoms with van der Waals surface area (Å²) in [5.74, 6) is -0.110. The summed E-state index contributed by atoms with van der Waals surface area (Å²) in [6, 6.07) is 17.2. The standard InChI is InChI=1S/C21H21ClN2O3S/c1-23-21(13-25)17-4-2-3-15(11-17)14-28(26,27)19-8-5-16(6-9-19)20-10-7-18(22)12-24-20/h2-12,21,23,25H,13-14H2,1H3. The number of nitrogens with one attached hydrogen (secondary N) is 1. The summed E-state index contributed by atoms with van der Waals surface area (Å²) in [7, 11) is -1.75. The van der Waals surface area contributed by atoms with Crippen LogP contribution in [0.25, 0.3) is 11.3 Å². The smallest absolute Gasteiger partial charge is 0.182 e. The number of benzene rings is 2. The minimum absolute atomic E-state index is 0.0626. The minimum atomic E-state index is -3.50. The van der Waals surface area contributed by atoms with E-state index in [4.69, 9.17) is 11.6 Å². The van der Waals surface area contributed by atoms with Crippen LogP contribution in [0, 0.1) is 0 Å². The quantitative estimate of drug-likeness (QED) is 0.614. The maximum atomic E-state index is 12.8. The van der Waals surface area contributed by atoms with Crippen LogP contribution in [0.15, 0.2) is 71.8 Å². The molecule has 146 valence electrons. The van der Waals surface area contributed by atoms with Gasteiger partial charge in [0.15, 0.2) is 9.84 Å². The Kier molecular flexibility index (Phi) is 6.46. The molecule has 0 saturated carbocycles. The first-order valence-corrected chi connectivity index (χ1v) is 10.8.